The summed E-state index contributed by atoms with van der Waals surface area (Å²) in [5.74, 6) is 0. The zero-order chi connectivity index (χ0) is 10.2. The molecule has 0 radical (unpaired) electrons. The maximum Gasteiger partial charge on any atom is 0.0396 e. The van der Waals surface area contributed by atoms with Gasteiger partial charge in [-0.3, -0.25) is 0 Å². The molecule has 1 aliphatic heterocycles. The second-order valence-corrected chi connectivity index (χ2v) is 5.14. The van der Waals surface area contributed by atoms with Gasteiger partial charge in [0.05, 0.1) is 0 Å². The van der Waals surface area contributed by atoms with Gasteiger partial charge in [-0.25, -0.2) is 0 Å². The molecule has 1 aliphatic rings. The van der Waals surface area contributed by atoms with Crippen molar-refractivity contribution in [1.29, 1.82) is 0 Å². The van der Waals surface area contributed by atoms with Crippen LogP contribution in [0.15, 0.2) is 24.3 Å². The lowest BCUT2D eigenvalue weighted by atomic mass is 9.83. The van der Waals surface area contributed by atoms with Crippen LogP contribution in [0.1, 0.15) is 25.8 Å². The zero-order valence-electron chi connectivity index (χ0n) is 9.38. The fourth-order valence-electron chi connectivity index (χ4n) is 2.23. The number of benzene rings is 1. The SMILES string of the molecule is CN1CCC(C)(C)Cc2ccccc21. The standard InChI is InChI=1S/C13H19N/c1-13(2)8-9-14(3)12-7-5-4-6-11(12)10-13/h4-7H,8-10H2,1-3H3. The first-order valence-electron chi connectivity index (χ1n) is 5.38. The van der Waals surface area contributed by atoms with E-state index in [-0.39, 0.29) is 0 Å². The van der Waals surface area contributed by atoms with Crippen molar-refractivity contribution in [2.75, 3.05) is 18.5 Å². The number of rotatable bonds is 0. The van der Waals surface area contributed by atoms with Gasteiger partial charge >= 0.3 is 0 Å². The minimum absolute atomic E-state index is 0.445. The molecule has 2 rings (SSSR count). The quantitative estimate of drug-likeness (QED) is 0.606. The normalized spacial score (nSPS) is 20.1. The predicted octanol–water partition coefficient (Wildman–Crippen LogP) is 3.10. The summed E-state index contributed by atoms with van der Waals surface area (Å²) < 4.78 is 0. The van der Waals surface area contributed by atoms with Crippen LogP contribution in [0.2, 0.25) is 0 Å². The topological polar surface area (TPSA) is 3.24 Å². The highest BCUT2D eigenvalue weighted by Gasteiger charge is 2.24. The Kier molecular flexibility index (Phi) is 2.26. The minimum Gasteiger partial charge on any atom is -0.374 e. The van der Waals surface area contributed by atoms with Gasteiger partial charge in [0.2, 0.25) is 0 Å². The molecule has 0 unspecified atom stereocenters. The second kappa shape index (κ2) is 3.30. The Hall–Kier alpha value is -0.980. The van der Waals surface area contributed by atoms with E-state index >= 15 is 0 Å². The number of fused-ring (bicyclic) bond motifs is 1. The Morgan fingerprint density at radius 1 is 1.21 bits per heavy atom. The molecule has 0 atom stereocenters. The summed E-state index contributed by atoms with van der Waals surface area (Å²) in [7, 11) is 2.19. The van der Waals surface area contributed by atoms with Crippen molar-refractivity contribution in [3.8, 4) is 0 Å². The Morgan fingerprint density at radius 3 is 2.71 bits per heavy atom. The van der Waals surface area contributed by atoms with Crippen molar-refractivity contribution in [3.63, 3.8) is 0 Å². The molecule has 1 aromatic rings. The van der Waals surface area contributed by atoms with Gasteiger partial charge in [0.1, 0.15) is 0 Å². The largest absolute Gasteiger partial charge is 0.374 e. The summed E-state index contributed by atoms with van der Waals surface area (Å²) in [6.07, 6.45) is 2.48. The average molecular weight is 189 g/mol. The highest BCUT2D eigenvalue weighted by molar-refractivity contribution is 5.54. The molecule has 0 bridgehead atoms. The van der Waals surface area contributed by atoms with Crippen LogP contribution < -0.4 is 4.90 Å². The highest BCUT2D eigenvalue weighted by atomic mass is 15.1. The fourth-order valence-corrected chi connectivity index (χ4v) is 2.23. The van der Waals surface area contributed by atoms with Gasteiger partial charge < -0.3 is 4.90 Å². The third-order valence-electron chi connectivity index (χ3n) is 3.20. The van der Waals surface area contributed by atoms with E-state index in [4.69, 9.17) is 0 Å². The molecular formula is C13H19N. The predicted molar refractivity (Wildman–Crippen MR) is 61.8 cm³/mol. The molecule has 76 valence electrons. The van der Waals surface area contributed by atoms with Crippen LogP contribution in [0.4, 0.5) is 5.69 Å². The van der Waals surface area contributed by atoms with Crippen LogP contribution in [-0.4, -0.2) is 13.6 Å². The van der Waals surface area contributed by atoms with Crippen molar-refractivity contribution in [2.24, 2.45) is 5.41 Å². The molecule has 0 spiro atoms. The van der Waals surface area contributed by atoms with E-state index in [0.29, 0.717) is 5.41 Å². The third kappa shape index (κ3) is 1.77. The van der Waals surface area contributed by atoms with E-state index in [1.807, 2.05) is 0 Å². The summed E-state index contributed by atoms with van der Waals surface area (Å²) in [6, 6.07) is 8.78. The summed E-state index contributed by atoms with van der Waals surface area (Å²) in [4.78, 5) is 2.38. The number of anilines is 1. The molecular weight excluding hydrogens is 170 g/mol. The Morgan fingerprint density at radius 2 is 1.93 bits per heavy atom. The lowest BCUT2D eigenvalue weighted by molar-refractivity contribution is 0.344. The van der Waals surface area contributed by atoms with E-state index in [1.54, 1.807) is 0 Å². The molecule has 0 aromatic heterocycles. The Labute approximate surface area is 86.7 Å². The molecule has 0 saturated heterocycles. The molecule has 1 nitrogen and oxygen atoms in total. The molecule has 0 amide bonds. The molecule has 1 heteroatoms. The summed E-state index contributed by atoms with van der Waals surface area (Å²) in [6.45, 7) is 5.90. The van der Waals surface area contributed by atoms with Crippen molar-refractivity contribution < 1.29 is 0 Å². The van der Waals surface area contributed by atoms with Gasteiger partial charge in [-0.1, -0.05) is 32.0 Å². The van der Waals surface area contributed by atoms with Crippen LogP contribution in [0, 0.1) is 5.41 Å². The van der Waals surface area contributed by atoms with Crippen molar-refractivity contribution in [1.82, 2.24) is 0 Å². The Balaban J connectivity index is 2.41. The maximum absolute atomic E-state index is 2.38. The first-order valence-corrected chi connectivity index (χ1v) is 5.38. The molecule has 1 aromatic carbocycles. The summed E-state index contributed by atoms with van der Waals surface area (Å²) in [5.41, 5.74) is 3.36. The lowest BCUT2D eigenvalue weighted by Gasteiger charge is -2.22. The van der Waals surface area contributed by atoms with Crippen LogP contribution in [0.3, 0.4) is 0 Å². The second-order valence-electron chi connectivity index (χ2n) is 5.14. The van der Waals surface area contributed by atoms with E-state index in [1.165, 1.54) is 30.6 Å². The molecule has 1 heterocycles. The highest BCUT2D eigenvalue weighted by Crippen LogP contribution is 2.34. The van der Waals surface area contributed by atoms with Crippen LogP contribution in [0.5, 0.6) is 0 Å². The van der Waals surface area contributed by atoms with Crippen LogP contribution >= 0.6 is 0 Å². The number of para-hydroxylation sites is 1. The van der Waals surface area contributed by atoms with Crippen LogP contribution in [0.25, 0.3) is 0 Å². The van der Waals surface area contributed by atoms with Gasteiger partial charge in [-0.15, -0.1) is 0 Å². The first-order chi connectivity index (χ1) is 6.58. The van der Waals surface area contributed by atoms with E-state index in [9.17, 15) is 0 Å². The minimum atomic E-state index is 0.445. The molecule has 0 aliphatic carbocycles. The van der Waals surface area contributed by atoms with Crippen molar-refractivity contribution in [2.45, 2.75) is 26.7 Å². The summed E-state index contributed by atoms with van der Waals surface area (Å²) >= 11 is 0. The van der Waals surface area contributed by atoms with Crippen LogP contribution in [-0.2, 0) is 6.42 Å². The van der Waals surface area contributed by atoms with Crippen molar-refractivity contribution in [3.05, 3.63) is 29.8 Å². The first kappa shape index (κ1) is 9.57. The van der Waals surface area contributed by atoms with Gasteiger partial charge in [-0.05, 0) is 29.9 Å². The monoisotopic (exact) mass is 189 g/mol. The molecule has 0 N–H and O–H groups in total. The fraction of sp³-hybridized carbons (Fsp3) is 0.538. The number of nitrogens with zero attached hydrogens (tertiary/aromatic N) is 1. The maximum atomic E-state index is 2.38. The van der Waals surface area contributed by atoms with E-state index < -0.39 is 0 Å². The molecule has 0 saturated carbocycles. The summed E-state index contributed by atoms with van der Waals surface area (Å²) in [5, 5.41) is 0. The number of hydrogen-bond donors (Lipinski definition) is 0. The zero-order valence-corrected chi connectivity index (χ0v) is 9.38. The molecule has 0 fully saturated rings. The smallest absolute Gasteiger partial charge is 0.0396 e. The van der Waals surface area contributed by atoms with Gasteiger partial charge in [0.25, 0.3) is 0 Å². The van der Waals surface area contributed by atoms with E-state index in [0.717, 1.165) is 0 Å². The lowest BCUT2D eigenvalue weighted by Crippen LogP contribution is -2.21. The van der Waals surface area contributed by atoms with Crippen molar-refractivity contribution >= 4 is 5.69 Å². The van der Waals surface area contributed by atoms with Gasteiger partial charge in [-0.2, -0.15) is 0 Å². The van der Waals surface area contributed by atoms with Gasteiger partial charge in [0, 0.05) is 19.3 Å². The van der Waals surface area contributed by atoms with E-state index in [2.05, 4.69) is 50.1 Å². The number of hydrogen-bond acceptors (Lipinski definition) is 1. The Bertz CT molecular complexity index is 328. The average Bonchev–Trinajstić information content (AvgIpc) is 2.25. The van der Waals surface area contributed by atoms with Gasteiger partial charge in [0.15, 0.2) is 0 Å². The molecule has 14 heavy (non-hydrogen) atoms. The third-order valence-corrected chi connectivity index (χ3v) is 3.20.